The molecule has 1 saturated carbocycles. The van der Waals surface area contributed by atoms with Crippen molar-refractivity contribution in [1.82, 2.24) is 10.1 Å². The molecular formula is C29H22Cl3N3O5. The van der Waals surface area contributed by atoms with Crippen LogP contribution in [0.5, 0.6) is 5.75 Å². The standard InChI is InChI=1S/C29H22Cl3N3O5/c1-37-29(36)17-9-16(12-33-13-17)24-11-25(39-34-24)19-8-7-18(10-23(19)32)38-14-20-27(35-40-28(20)15-5-6-15)26-21(30)3-2-4-22(26)31/h2-4,7-10,12-13,15,25H,5-6,11,14H2,1H3. The number of esters is 1. The summed E-state index contributed by atoms with van der Waals surface area (Å²) >= 11 is 19.6. The minimum absolute atomic E-state index is 0.207. The number of carbonyl (C=O) groups excluding carboxylic acids is 1. The highest BCUT2D eigenvalue weighted by Gasteiger charge is 2.34. The molecule has 6 rings (SSSR count). The van der Waals surface area contributed by atoms with Gasteiger partial charge in [0.2, 0.25) is 0 Å². The Bertz CT molecular complexity index is 1610. The van der Waals surface area contributed by atoms with Crippen LogP contribution < -0.4 is 4.74 Å². The van der Waals surface area contributed by atoms with Crippen molar-refractivity contribution >= 4 is 46.5 Å². The molecule has 0 amide bonds. The van der Waals surface area contributed by atoms with Gasteiger partial charge in [0.1, 0.15) is 23.8 Å². The first kappa shape index (κ1) is 26.6. The smallest absolute Gasteiger partial charge is 0.339 e. The fourth-order valence-electron chi connectivity index (χ4n) is 4.60. The van der Waals surface area contributed by atoms with Gasteiger partial charge in [-0.25, -0.2) is 4.79 Å². The van der Waals surface area contributed by atoms with E-state index < -0.39 is 12.1 Å². The number of rotatable bonds is 8. The molecule has 1 aliphatic carbocycles. The Morgan fingerprint density at radius 1 is 1.05 bits per heavy atom. The Labute approximate surface area is 244 Å². The van der Waals surface area contributed by atoms with Crippen LogP contribution in [0.3, 0.4) is 0 Å². The molecule has 40 heavy (non-hydrogen) atoms. The molecule has 1 unspecified atom stereocenters. The normalized spacial score (nSPS) is 16.4. The quantitative estimate of drug-likeness (QED) is 0.191. The van der Waals surface area contributed by atoms with Crippen molar-refractivity contribution in [2.45, 2.75) is 37.9 Å². The molecular weight excluding hydrogens is 577 g/mol. The van der Waals surface area contributed by atoms with Crippen LogP contribution in [0, 0.1) is 0 Å². The Kier molecular flexibility index (Phi) is 7.40. The summed E-state index contributed by atoms with van der Waals surface area (Å²) in [5, 5.41) is 9.96. The molecule has 2 aromatic heterocycles. The zero-order valence-corrected chi connectivity index (χ0v) is 23.5. The third-order valence-corrected chi connectivity index (χ3v) is 7.79. The van der Waals surface area contributed by atoms with Crippen LogP contribution in [0.25, 0.3) is 11.3 Å². The Balaban J connectivity index is 1.18. The topological polar surface area (TPSA) is 96.0 Å². The van der Waals surface area contributed by atoms with Crippen molar-refractivity contribution < 1.29 is 23.6 Å². The van der Waals surface area contributed by atoms with Crippen molar-refractivity contribution in [3.63, 3.8) is 0 Å². The van der Waals surface area contributed by atoms with E-state index in [1.54, 1.807) is 36.5 Å². The molecule has 1 fully saturated rings. The molecule has 1 aliphatic heterocycles. The van der Waals surface area contributed by atoms with Gasteiger partial charge in [0.25, 0.3) is 0 Å². The first-order chi connectivity index (χ1) is 19.4. The zero-order valence-electron chi connectivity index (χ0n) is 21.2. The van der Waals surface area contributed by atoms with E-state index in [1.165, 1.54) is 13.3 Å². The highest BCUT2D eigenvalue weighted by Crippen LogP contribution is 2.46. The van der Waals surface area contributed by atoms with Gasteiger partial charge in [-0.2, -0.15) is 0 Å². The molecule has 8 nitrogen and oxygen atoms in total. The minimum atomic E-state index is -0.471. The summed E-state index contributed by atoms with van der Waals surface area (Å²) in [6.45, 7) is 0.207. The predicted octanol–water partition coefficient (Wildman–Crippen LogP) is 7.81. The molecule has 2 aromatic carbocycles. The summed E-state index contributed by atoms with van der Waals surface area (Å²) < 4.78 is 16.7. The van der Waals surface area contributed by atoms with Crippen LogP contribution in [-0.2, 0) is 16.2 Å². The number of nitrogens with zero attached hydrogens (tertiary/aromatic N) is 3. The number of aromatic nitrogens is 2. The summed E-state index contributed by atoms with van der Waals surface area (Å²) in [5.74, 6) is 1.21. The summed E-state index contributed by atoms with van der Waals surface area (Å²) in [4.78, 5) is 21.7. The van der Waals surface area contributed by atoms with Gasteiger partial charge in [-0.05, 0) is 43.2 Å². The fourth-order valence-corrected chi connectivity index (χ4v) is 5.47. The number of halogens is 3. The van der Waals surface area contributed by atoms with Crippen molar-refractivity contribution in [3.05, 3.63) is 97.9 Å². The second-order valence-electron chi connectivity index (χ2n) is 9.51. The maximum atomic E-state index is 11.9. The van der Waals surface area contributed by atoms with Gasteiger partial charge >= 0.3 is 5.97 Å². The molecule has 0 N–H and O–H groups in total. The van der Waals surface area contributed by atoms with E-state index in [9.17, 15) is 4.79 Å². The van der Waals surface area contributed by atoms with Crippen LogP contribution in [0.15, 0.2) is 64.5 Å². The lowest BCUT2D eigenvalue weighted by Gasteiger charge is -2.13. The Morgan fingerprint density at radius 3 is 2.58 bits per heavy atom. The molecule has 204 valence electrons. The summed E-state index contributed by atoms with van der Waals surface area (Å²) in [7, 11) is 1.32. The van der Waals surface area contributed by atoms with E-state index in [0.29, 0.717) is 61.3 Å². The van der Waals surface area contributed by atoms with Gasteiger partial charge in [0, 0.05) is 41.4 Å². The van der Waals surface area contributed by atoms with Gasteiger partial charge in [-0.3, -0.25) is 4.98 Å². The van der Waals surface area contributed by atoms with Gasteiger partial charge in [-0.15, -0.1) is 0 Å². The van der Waals surface area contributed by atoms with Crippen molar-refractivity contribution in [1.29, 1.82) is 0 Å². The molecule has 0 bridgehead atoms. The first-order valence-corrected chi connectivity index (χ1v) is 13.7. The van der Waals surface area contributed by atoms with Crippen molar-refractivity contribution in [2.75, 3.05) is 7.11 Å². The van der Waals surface area contributed by atoms with E-state index >= 15 is 0 Å². The lowest BCUT2D eigenvalue weighted by atomic mass is 10.0. The maximum absolute atomic E-state index is 11.9. The average Bonchev–Trinajstić information content (AvgIpc) is 3.53. The van der Waals surface area contributed by atoms with Crippen LogP contribution in [0.4, 0.5) is 0 Å². The summed E-state index contributed by atoms with van der Waals surface area (Å²) in [6, 6.07) is 12.4. The third kappa shape index (κ3) is 5.27. The second-order valence-corrected chi connectivity index (χ2v) is 10.7. The second kappa shape index (κ2) is 11.1. The third-order valence-electron chi connectivity index (χ3n) is 6.83. The van der Waals surface area contributed by atoms with Gasteiger partial charge in [-0.1, -0.05) is 57.2 Å². The van der Waals surface area contributed by atoms with E-state index in [1.807, 2.05) is 12.1 Å². The number of carbonyl (C=O) groups is 1. The molecule has 4 aromatic rings. The molecule has 3 heterocycles. The number of hydrogen-bond acceptors (Lipinski definition) is 8. The van der Waals surface area contributed by atoms with Gasteiger partial charge < -0.3 is 18.8 Å². The Hall–Kier alpha value is -3.59. The van der Waals surface area contributed by atoms with Crippen molar-refractivity contribution in [2.24, 2.45) is 5.16 Å². The SMILES string of the molecule is COC(=O)c1cncc(C2=NOC(c3ccc(OCc4c(-c5c(Cl)cccc5Cl)noc4C4CC4)cc3Cl)C2)c1. The molecule has 1 atom stereocenters. The maximum Gasteiger partial charge on any atom is 0.339 e. The molecule has 0 spiro atoms. The van der Waals surface area contributed by atoms with Crippen molar-refractivity contribution in [3.8, 4) is 17.0 Å². The fraction of sp³-hybridized carbons (Fsp3) is 0.241. The monoisotopic (exact) mass is 597 g/mol. The highest BCUT2D eigenvalue weighted by atomic mass is 35.5. The van der Waals surface area contributed by atoms with E-state index in [2.05, 4.69) is 15.3 Å². The molecule has 0 radical (unpaired) electrons. The number of hydrogen-bond donors (Lipinski definition) is 0. The van der Waals surface area contributed by atoms with E-state index in [0.717, 1.165) is 29.7 Å². The predicted molar refractivity (Wildman–Crippen MR) is 150 cm³/mol. The lowest BCUT2D eigenvalue weighted by Crippen LogP contribution is -2.07. The highest BCUT2D eigenvalue weighted by molar-refractivity contribution is 6.39. The van der Waals surface area contributed by atoms with Gasteiger partial charge in [0.05, 0.1) is 39.0 Å². The van der Waals surface area contributed by atoms with Gasteiger partial charge in [0.15, 0.2) is 6.10 Å². The lowest BCUT2D eigenvalue weighted by molar-refractivity contribution is 0.0600. The number of methoxy groups -OCH3 is 1. The molecule has 11 heteroatoms. The first-order valence-electron chi connectivity index (χ1n) is 12.5. The average molecular weight is 599 g/mol. The summed E-state index contributed by atoms with van der Waals surface area (Å²) in [5.41, 5.74) is 4.45. The minimum Gasteiger partial charge on any atom is -0.489 e. The van der Waals surface area contributed by atoms with Crippen LogP contribution in [-0.4, -0.2) is 28.9 Å². The summed E-state index contributed by atoms with van der Waals surface area (Å²) in [6.07, 6.45) is 5.20. The van der Waals surface area contributed by atoms with Crippen LogP contribution in [0.2, 0.25) is 15.1 Å². The number of benzene rings is 2. The van der Waals surface area contributed by atoms with E-state index in [4.69, 9.17) is 53.6 Å². The Morgan fingerprint density at radius 2 is 1.85 bits per heavy atom. The zero-order chi connectivity index (χ0) is 27.8. The molecule has 2 aliphatic rings. The number of oxime groups is 1. The van der Waals surface area contributed by atoms with Crippen LogP contribution in [0.1, 0.15) is 64.1 Å². The molecule has 0 saturated heterocycles. The number of pyridine rings is 1. The number of ether oxygens (including phenoxy) is 2. The van der Waals surface area contributed by atoms with E-state index in [-0.39, 0.29) is 6.61 Å². The van der Waals surface area contributed by atoms with Crippen LogP contribution >= 0.6 is 34.8 Å². The largest absolute Gasteiger partial charge is 0.489 e.